The van der Waals surface area contributed by atoms with Gasteiger partial charge in [-0.15, -0.1) is 0 Å². The molecule has 1 saturated carbocycles. The summed E-state index contributed by atoms with van der Waals surface area (Å²) in [5.74, 6) is -0.542. The molecule has 0 saturated heterocycles. The largest absolute Gasteiger partial charge is 0.493 e. The zero-order valence-electron chi connectivity index (χ0n) is 12.0. The Bertz CT molecular complexity index is 515. The average molecular weight is 358 g/mol. The first-order valence-electron chi connectivity index (χ1n) is 7.03. The third kappa shape index (κ3) is 3.68. The first kappa shape index (κ1) is 16.1. The normalized spacial score (nSPS) is 16.7. The smallest absolute Gasteiger partial charge is 0.312 e. The van der Waals surface area contributed by atoms with Crippen molar-refractivity contribution in [1.29, 1.82) is 0 Å². The number of rotatable bonds is 6. The Kier molecular flexibility index (Phi) is 5.47. The molecule has 0 bridgehead atoms. The number of hydrogen-bond acceptors (Lipinski definition) is 4. The van der Waals surface area contributed by atoms with Gasteiger partial charge >= 0.3 is 5.97 Å². The number of benzene rings is 1. The van der Waals surface area contributed by atoms with Gasteiger partial charge in [0, 0.05) is 11.0 Å². The highest BCUT2D eigenvalue weighted by Gasteiger charge is 2.24. The minimum absolute atomic E-state index is 0.0277. The molecule has 0 spiro atoms. The second-order valence-corrected chi connectivity index (χ2v) is 6.03. The van der Waals surface area contributed by atoms with E-state index in [1.165, 1.54) is 12.8 Å². The van der Waals surface area contributed by atoms with Gasteiger partial charge in [0.05, 0.1) is 19.1 Å². The summed E-state index contributed by atoms with van der Waals surface area (Å²) >= 11 is 3.42. The van der Waals surface area contributed by atoms with Gasteiger partial charge in [0.25, 0.3) is 0 Å². The number of hydrogen-bond donors (Lipinski definition) is 2. The summed E-state index contributed by atoms with van der Waals surface area (Å²) in [5, 5.41) is 9.24. The molecule has 1 aliphatic rings. The Morgan fingerprint density at radius 2 is 2.10 bits per heavy atom. The molecular weight excluding hydrogens is 338 g/mol. The van der Waals surface area contributed by atoms with Crippen LogP contribution in [0.15, 0.2) is 16.6 Å². The van der Waals surface area contributed by atoms with Crippen LogP contribution >= 0.6 is 15.9 Å². The maximum Gasteiger partial charge on any atom is 0.312 e. The van der Waals surface area contributed by atoms with E-state index in [0.717, 1.165) is 12.8 Å². The standard InChI is InChI=1S/C15H20BrNO4/c1-20-13-6-10(11(8-17)15(18)19)12(16)7-14(13)21-9-4-2-3-5-9/h6-7,9,11H,2-5,8,17H2,1H3,(H,18,19). The lowest BCUT2D eigenvalue weighted by atomic mass is 9.99. The number of carbonyl (C=O) groups is 1. The van der Waals surface area contributed by atoms with Gasteiger partial charge in [-0.05, 0) is 43.4 Å². The third-order valence-electron chi connectivity index (χ3n) is 3.79. The van der Waals surface area contributed by atoms with Crippen LogP contribution in [-0.4, -0.2) is 30.8 Å². The molecule has 2 rings (SSSR count). The second-order valence-electron chi connectivity index (χ2n) is 5.18. The molecule has 116 valence electrons. The summed E-state index contributed by atoms with van der Waals surface area (Å²) < 4.78 is 12.0. The molecule has 0 heterocycles. The van der Waals surface area contributed by atoms with Crippen molar-refractivity contribution in [3.05, 3.63) is 22.2 Å². The fraction of sp³-hybridized carbons (Fsp3) is 0.533. The topological polar surface area (TPSA) is 81.8 Å². The summed E-state index contributed by atoms with van der Waals surface area (Å²) in [7, 11) is 1.55. The summed E-state index contributed by atoms with van der Waals surface area (Å²) in [4.78, 5) is 11.3. The maximum absolute atomic E-state index is 11.3. The summed E-state index contributed by atoms with van der Waals surface area (Å²) in [6.07, 6.45) is 4.66. The molecule has 1 aliphatic carbocycles. The molecule has 5 nitrogen and oxygen atoms in total. The van der Waals surface area contributed by atoms with Crippen molar-refractivity contribution in [1.82, 2.24) is 0 Å². The van der Waals surface area contributed by atoms with Crippen LogP contribution in [0.3, 0.4) is 0 Å². The summed E-state index contributed by atoms with van der Waals surface area (Å²) in [5.41, 5.74) is 6.16. The van der Waals surface area contributed by atoms with E-state index in [0.29, 0.717) is 21.5 Å². The van der Waals surface area contributed by atoms with Gasteiger partial charge in [-0.1, -0.05) is 15.9 Å². The van der Waals surface area contributed by atoms with E-state index in [2.05, 4.69) is 15.9 Å². The monoisotopic (exact) mass is 357 g/mol. The highest BCUT2D eigenvalue weighted by atomic mass is 79.9. The Labute approximate surface area is 132 Å². The Morgan fingerprint density at radius 3 is 2.62 bits per heavy atom. The lowest BCUT2D eigenvalue weighted by Gasteiger charge is -2.19. The fourth-order valence-electron chi connectivity index (χ4n) is 2.62. The number of nitrogens with two attached hydrogens (primary N) is 1. The van der Waals surface area contributed by atoms with E-state index in [1.807, 2.05) is 0 Å². The van der Waals surface area contributed by atoms with Crippen LogP contribution in [0.25, 0.3) is 0 Å². The Morgan fingerprint density at radius 1 is 1.43 bits per heavy atom. The third-order valence-corrected chi connectivity index (χ3v) is 4.47. The molecule has 0 aromatic heterocycles. The van der Waals surface area contributed by atoms with Crippen LogP contribution in [0, 0.1) is 0 Å². The predicted molar refractivity (Wildman–Crippen MR) is 83.0 cm³/mol. The highest BCUT2D eigenvalue weighted by molar-refractivity contribution is 9.10. The van der Waals surface area contributed by atoms with Crippen LogP contribution < -0.4 is 15.2 Å². The Hall–Kier alpha value is -1.27. The van der Waals surface area contributed by atoms with Crippen LogP contribution in [0.1, 0.15) is 37.2 Å². The molecule has 1 atom stereocenters. The van der Waals surface area contributed by atoms with Gasteiger partial charge in [0.2, 0.25) is 0 Å². The average Bonchev–Trinajstić information content (AvgIpc) is 2.94. The number of methoxy groups -OCH3 is 1. The van der Waals surface area contributed by atoms with Crippen molar-refractivity contribution in [3.63, 3.8) is 0 Å². The summed E-state index contributed by atoms with van der Waals surface area (Å²) in [6.45, 7) is 0.0277. The lowest BCUT2D eigenvalue weighted by molar-refractivity contribution is -0.138. The molecular formula is C15H20BrNO4. The van der Waals surface area contributed by atoms with Crippen molar-refractivity contribution in [2.24, 2.45) is 5.73 Å². The van der Waals surface area contributed by atoms with Crippen molar-refractivity contribution in [2.75, 3.05) is 13.7 Å². The Balaban J connectivity index is 2.31. The van der Waals surface area contributed by atoms with E-state index < -0.39 is 11.9 Å². The number of carboxylic acids is 1. The molecule has 0 radical (unpaired) electrons. The summed E-state index contributed by atoms with van der Waals surface area (Å²) in [6, 6.07) is 3.47. The van der Waals surface area contributed by atoms with E-state index in [9.17, 15) is 9.90 Å². The molecule has 3 N–H and O–H groups in total. The number of ether oxygens (including phenoxy) is 2. The van der Waals surface area contributed by atoms with Gasteiger partial charge in [0.15, 0.2) is 11.5 Å². The van der Waals surface area contributed by atoms with E-state index in [4.69, 9.17) is 15.2 Å². The number of halogens is 1. The van der Waals surface area contributed by atoms with E-state index in [-0.39, 0.29) is 12.6 Å². The van der Waals surface area contributed by atoms with Crippen LogP contribution in [0.4, 0.5) is 0 Å². The van der Waals surface area contributed by atoms with Crippen LogP contribution in [0.5, 0.6) is 11.5 Å². The van der Waals surface area contributed by atoms with Gasteiger partial charge in [-0.25, -0.2) is 0 Å². The number of carboxylic acid groups (broad SMARTS) is 1. The van der Waals surface area contributed by atoms with Crippen LogP contribution in [-0.2, 0) is 4.79 Å². The second kappa shape index (κ2) is 7.13. The van der Waals surface area contributed by atoms with Crippen molar-refractivity contribution >= 4 is 21.9 Å². The fourth-order valence-corrected chi connectivity index (χ4v) is 3.21. The number of aliphatic carboxylic acids is 1. The van der Waals surface area contributed by atoms with Gasteiger partial charge in [-0.2, -0.15) is 0 Å². The van der Waals surface area contributed by atoms with Gasteiger partial charge in [0.1, 0.15) is 0 Å². The SMILES string of the molecule is COc1cc(C(CN)C(=O)O)c(Br)cc1OC1CCCC1. The molecule has 1 aromatic carbocycles. The highest BCUT2D eigenvalue weighted by Crippen LogP contribution is 2.38. The minimum atomic E-state index is -0.954. The van der Waals surface area contributed by atoms with Crippen molar-refractivity contribution in [2.45, 2.75) is 37.7 Å². The molecule has 1 unspecified atom stereocenters. The molecule has 21 heavy (non-hydrogen) atoms. The lowest BCUT2D eigenvalue weighted by Crippen LogP contribution is -2.21. The van der Waals surface area contributed by atoms with Crippen molar-refractivity contribution in [3.8, 4) is 11.5 Å². The van der Waals surface area contributed by atoms with E-state index in [1.54, 1.807) is 19.2 Å². The van der Waals surface area contributed by atoms with Gasteiger partial charge < -0.3 is 20.3 Å². The molecule has 0 amide bonds. The molecule has 6 heteroatoms. The predicted octanol–water partition coefficient (Wildman–Crippen LogP) is 2.91. The molecule has 1 aromatic rings. The van der Waals surface area contributed by atoms with Gasteiger partial charge in [-0.3, -0.25) is 4.79 Å². The first-order valence-corrected chi connectivity index (χ1v) is 7.83. The zero-order chi connectivity index (χ0) is 15.4. The quantitative estimate of drug-likeness (QED) is 0.817. The van der Waals surface area contributed by atoms with E-state index >= 15 is 0 Å². The minimum Gasteiger partial charge on any atom is -0.493 e. The zero-order valence-corrected chi connectivity index (χ0v) is 13.6. The maximum atomic E-state index is 11.3. The van der Waals surface area contributed by atoms with Crippen molar-refractivity contribution < 1.29 is 19.4 Å². The first-order chi connectivity index (χ1) is 10.1. The molecule has 0 aliphatic heterocycles. The van der Waals surface area contributed by atoms with Crippen LogP contribution in [0.2, 0.25) is 0 Å². The molecule has 1 fully saturated rings.